The van der Waals surface area contributed by atoms with Gasteiger partial charge in [-0.3, -0.25) is 0 Å². The van der Waals surface area contributed by atoms with E-state index in [2.05, 4.69) is 139 Å². The zero-order chi connectivity index (χ0) is 30.6. The van der Waals surface area contributed by atoms with E-state index in [-0.39, 0.29) is 24.8 Å². The van der Waals surface area contributed by atoms with Crippen molar-refractivity contribution in [2.75, 3.05) is 0 Å². The number of rotatable bonds is 8. The van der Waals surface area contributed by atoms with Crippen LogP contribution in [0.3, 0.4) is 0 Å². The van der Waals surface area contributed by atoms with E-state index in [1.54, 1.807) is 22.3 Å². The standard InChI is InChI=1S/2C20H21.C3H6.2ClH.Zr/c2*1-14(2)11-16-12-18-5-4-6-19(20(18)13-16)17-9-7-15(3)8-10-17;1-3-2;;;/h2*4-10,12-14H,11H2,1-3H3;1-3H2;2*1H;/q;;;;;+2/p-2. The van der Waals surface area contributed by atoms with Crippen LogP contribution in [0.15, 0.2) is 96.1 Å². The Hall–Kier alpha value is -2.18. The first-order valence-electron chi connectivity index (χ1n) is 17.1. The zero-order valence-electron chi connectivity index (χ0n) is 28.3. The van der Waals surface area contributed by atoms with E-state index in [9.17, 15) is 0 Å². The largest absolute Gasteiger partial charge is 1.00 e. The molecule has 2 unspecified atom stereocenters. The Morgan fingerprint density at radius 2 is 0.957 bits per heavy atom. The third-order valence-corrected chi connectivity index (χ3v) is 26.1. The van der Waals surface area contributed by atoms with Crippen molar-refractivity contribution in [2.24, 2.45) is 11.8 Å². The van der Waals surface area contributed by atoms with Crippen LogP contribution >= 0.6 is 0 Å². The Morgan fingerprint density at radius 1 is 0.565 bits per heavy atom. The molecule has 1 fully saturated rings. The minimum Gasteiger partial charge on any atom is -1.00 e. The molecule has 0 aromatic heterocycles. The van der Waals surface area contributed by atoms with Crippen LogP contribution in [0.25, 0.3) is 34.4 Å². The maximum Gasteiger partial charge on any atom is -1.00 e. The molecule has 0 saturated carbocycles. The van der Waals surface area contributed by atoms with Gasteiger partial charge in [-0.2, -0.15) is 0 Å². The number of halogens is 2. The van der Waals surface area contributed by atoms with Crippen molar-refractivity contribution in [1.82, 2.24) is 0 Å². The van der Waals surface area contributed by atoms with Crippen LogP contribution < -0.4 is 24.8 Å². The Bertz CT molecular complexity index is 1630. The number of hydrogen-bond acceptors (Lipinski definition) is 0. The van der Waals surface area contributed by atoms with E-state index in [4.69, 9.17) is 0 Å². The molecule has 0 radical (unpaired) electrons. The molecule has 0 spiro atoms. The summed E-state index contributed by atoms with van der Waals surface area (Å²) in [5, 5.41) is 0. The average Bonchev–Trinajstić information content (AvgIpc) is 3.51. The topological polar surface area (TPSA) is 0 Å². The number of allylic oxidation sites excluding steroid dienone is 2. The maximum atomic E-state index is 2.68. The smallest absolute Gasteiger partial charge is 1.00 e. The van der Waals surface area contributed by atoms with Crippen LogP contribution in [0.5, 0.6) is 0 Å². The van der Waals surface area contributed by atoms with Gasteiger partial charge in [-0.25, -0.2) is 0 Å². The summed E-state index contributed by atoms with van der Waals surface area (Å²) < 4.78 is 4.37. The Morgan fingerprint density at radius 3 is 1.28 bits per heavy atom. The number of fused-ring (bicyclic) bond motifs is 2. The summed E-state index contributed by atoms with van der Waals surface area (Å²) in [5.41, 5.74) is 18.2. The van der Waals surface area contributed by atoms with Gasteiger partial charge in [0.05, 0.1) is 0 Å². The third kappa shape index (κ3) is 6.22. The van der Waals surface area contributed by atoms with Crippen LogP contribution in [0.4, 0.5) is 0 Å². The minimum atomic E-state index is -2.90. The molecular formula is C43H48Cl2Zr. The van der Waals surface area contributed by atoms with E-state index in [0.29, 0.717) is 19.1 Å². The van der Waals surface area contributed by atoms with Crippen LogP contribution in [0.2, 0.25) is 8.26 Å². The SMILES string of the molecule is Cc1ccc(-c2cccc3c2C=C(CC(C)C)[CH]3[Zr+2]2([CH]3C(CC(C)C)=Cc4c(-c5ccc(C)cc5)cccc43)[CH2]C[CH2]2)cc1.[Cl-].[Cl-]. The van der Waals surface area contributed by atoms with Gasteiger partial charge in [0.25, 0.3) is 0 Å². The zero-order valence-corrected chi connectivity index (χ0v) is 32.3. The molecule has 4 aromatic rings. The Labute approximate surface area is 295 Å². The van der Waals surface area contributed by atoms with E-state index in [1.807, 2.05) is 0 Å². The fourth-order valence-electron chi connectivity index (χ4n) is 8.88. The van der Waals surface area contributed by atoms with Crippen molar-refractivity contribution in [1.29, 1.82) is 0 Å². The van der Waals surface area contributed by atoms with Crippen LogP contribution in [-0.4, -0.2) is 0 Å². The molecule has 4 aromatic carbocycles. The molecule has 0 N–H and O–H groups in total. The second-order valence-electron chi connectivity index (χ2n) is 14.9. The van der Waals surface area contributed by atoms with E-state index in [1.165, 1.54) is 72.0 Å². The molecule has 1 heterocycles. The van der Waals surface area contributed by atoms with Crippen molar-refractivity contribution in [3.63, 3.8) is 0 Å². The summed E-state index contributed by atoms with van der Waals surface area (Å²) in [5.74, 6) is 1.33. The van der Waals surface area contributed by atoms with Gasteiger partial charge < -0.3 is 24.8 Å². The van der Waals surface area contributed by atoms with Gasteiger partial charge >= 0.3 is 272 Å². The van der Waals surface area contributed by atoms with Crippen molar-refractivity contribution in [3.05, 3.63) is 129 Å². The number of hydrogen-bond donors (Lipinski definition) is 0. The Balaban J connectivity index is 0.00000208. The van der Waals surface area contributed by atoms with Gasteiger partial charge in [0.1, 0.15) is 0 Å². The van der Waals surface area contributed by atoms with Gasteiger partial charge in [-0.05, 0) is 0 Å². The summed E-state index contributed by atoms with van der Waals surface area (Å²) >= 11 is -2.90. The van der Waals surface area contributed by atoms with Crippen LogP contribution in [0.1, 0.15) is 87.6 Å². The molecule has 3 aliphatic rings. The molecule has 3 heteroatoms. The van der Waals surface area contributed by atoms with Crippen LogP contribution in [0, 0.1) is 25.7 Å². The first kappa shape index (κ1) is 35.1. The predicted octanol–water partition coefficient (Wildman–Crippen LogP) is 6.71. The summed E-state index contributed by atoms with van der Waals surface area (Å²) in [6, 6.07) is 33.0. The first-order chi connectivity index (χ1) is 21.2. The molecule has 1 aliphatic heterocycles. The fourth-order valence-corrected chi connectivity index (χ4v) is 24.3. The van der Waals surface area contributed by atoms with E-state index >= 15 is 0 Å². The first-order valence-corrected chi connectivity index (χ1v) is 23.4. The van der Waals surface area contributed by atoms with Crippen LogP contribution in [-0.2, 0) is 20.3 Å². The molecule has 0 nitrogen and oxygen atoms in total. The molecule has 238 valence electrons. The summed E-state index contributed by atoms with van der Waals surface area (Å²) in [4.78, 5) is 0. The van der Waals surface area contributed by atoms with Crippen molar-refractivity contribution < 1.29 is 45.1 Å². The molecule has 7 rings (SSSR count). The molecule has 46 heavy (non-hydrogen) atoms. The van der Waals surface area contributed by atoms with Gasteiger partial charge in [-0.1, -0.05) is 0 Å². The predicted molar refractivity (Wildman–Crippen MR) is 188 cm³/mol. The second-order valence-corrected chi connectivity index (χ2v) is 26.3. The number of aryl methyl sites for hydroxylation is 2. The van der Waals surface area contributed by atoms with Crippen molar-refractivity contribution in [3.8, 4) is 22.3 Å². The maximum absolute atomic E-state index is 2.90. The van der Waals surface area contributed by atoms with E-state index < -0.39 is 20.3 Å². The van der Waals surface area contributed by atoms with Gasteiger partial charge in [-0.15, -0.1) is 0 Å². The monoisotopic (exact) mass is 724 g/mol. The van der Waals surface area contributed by atoms with E-state index in [0.717, 1.165) is 0 Å². The molecule has 0 bridgehead atoms. The molecular weight excluding hydrogens is 679 g/mol. The third-order valence-electron chi connectivity index (χ3n) is 10.8. The normalized spacial score (nSPS) is 18.3. The van der Waals surface area contributed by atoms with Gasteiger partial charge in [0.15, 0.2) is 0 Å². The average molecular weight is 727 g/mol. The summed E-state index contributed by atoms with van der Waals surface area (Å²) in [6.45, 7) is 14.1. The number of benzene rings is 4. The quantitative estimate of drug-likeness (QED) is 0.190. The van der Waals surface area contributed by atoms with Gasteiger partial charge in [0.2, 0.25) is 0 Å². The summed E-state index contributed by atoms with van der Waals surface area (Å²) in [7, 11) is 0. The minimum absolute atomic E-state index is 0. The Kier molecular flexibility index (Phi) is 10.8. The summed E-state index contributed by atoms with van der Waals surface area (Å²) in [6.07, 6.45) is 9.22. The van der Waals surface area contributed by atoms with Crippen molar-refractivity contribution >= 4 is 12.2 Å². The second kappa shape index (κ2) is 14.1. The molecule has 2 aliphatic carbocycles. The molecule has 0 amide bonds. The van der Waals surface area contributed by atoms with Gasteiger partial charge in [0, 0.05) is 0 Å². The molecule has 2 atom stereocenters. The van der Waals surface area contributed by atoms with Crippen molar-refractivity contribution in [2.45, 2.75) is 76.3 Å². The fraction of sp³-hybridized carbons (Fsp3) is 0.349. The molecule has 1 saturated heterocycles.